The molecule has 0 saturated heterocycles. The van der Waals surface area contributed by atoms with Gasteiger partial charge in [0.1, 0.15) is 0 Å². The van der Waals surface area contributed by atoms with Crippen molar-refractivity contribution >= 4 is 0 Å². The SMILES string of the molecule is CCNC(C1=COCCC1)C1(C)CC1. The second-order valence-corrected chi connectivity index (χ2v) is 4.81. The third-order valence-electron chi connectivity index (χ3n) is 3.48. The summed E-state index contributed by atoms with van der Waals surface area (Å²) >= 11 is 0. The molecular formula is C12H21NO. The van der Waals surface area contributed by atoms with Crippen LogP contribution in [0, 0.1) is 5.41 Å². The van der Waals surface area contributed by atoms with Crippen molar-refractivity contribution in [1.82, 2.24) is 5.32 Å². The number of rotatable bonds is 4. The van der Waals surface area contributed by atoms with Crippen LogP contribution in [0.5, 0.6) is 0 Å². The molecule has 0 amide bonds. The number of ether oxygens (including phenoxy) is 1. The van der Waals surface area contributed by atoms with E-state index in [1.165, 1.54) is 31.3 Å². The number of nitrogens with one attached hydrogen (secondary N) is 1. The number of likely N-dealkylation sites (N-methyl/N-ethyl adjacent to an activating group) is 1. The van der Waals surface area contributed by atoms with Gasteiger partial charge < -0.3 is 10.1 Å². The Morgan fingerprint density at radius 2 is 2.36 bits per heavy atom. The molecule has 1 N–H and O–H groups in total. The average molecular weight is 195 g/mol. The van der Waals surface area contributed by atoms with Gasteiger partial charge in [-0.3, -0.25) is 0 Å². The van der Waals surface area contributed by atoms with Gasteiger partial charge in [0.25, 0.3) is 0 Å². The highest BCUT2D eigenvalue weighted by atomic mass is 16.5. The van der Waals surface area contributed by atoms with Gasteiger partial charge in [0.05, 0.1) is 12.9 Å². The Morgan fingerprint density at radius 1 is 1.57 bits per heavy atom. The van der Waals surface area contributed by atoms with Gasteiger partial charge >= 0.3 is 0 Å². The molecule has 14 heavy (non-hydrogen) atoms. The van der Waals surface area contributed by atoms with Gasteiger partial charge in [-0.2, -0.15) is 0 Å². The maximum atomic E-state index is 5.43. The molecule has 2 heteroatoms. The lowest BCUT2D eigenvalue weighted by Gasteiger charge is -2.29. The van der Waals surface area contributed by atoms with Crippen molar-refractivity contribution in [2.45, 2.75) is 45.6 Å². The molecule has 0 aromatic carbocycles. The van der Waals surface area contributed by atoms with Gasteiger partial charge in [-0.15, -0.1) is 0 Å². The van der Waals surface area contributed by atoms with E-state index < -0.39 is 0 Å². The van der Waals surface area contributed by atoms with Crippen LogP contribution in [0.25, 0.3) is 0 Å². The molecule has 1 unspecified atom stereocenters. The van der Waals surface area contributed by atoms with Crippen LogP contribution in [-0.2, 0) is 4.74 Å². The first kappa shape index (κ1) is 10.0. The summed E-state index contributed by atoms with van der Waals surface area (Å²) in [5, 5.41) is 3.61. The molecule has 1 aliphatic heterocycles. The molecule has 0 aromatic heterocycles. The molecule has 0 aromatic rings. The van der Waals surface area contributed by atoms with Crippen LogP contribution in [-0.4, -0.2) is 19.2 Å². The van der Waals surface area contributed by atoms with Gasteiger partial charge in [0, 0.05) is 6.04 Å². The largest absolute Gasteiger partial charge is 0.501 e. The van der Waals surface area contributed by atoms with E-state index in [0.717, 1.165) is 13.2 Å². The Balaban J connectivity index is 2.05. The Labute approximate surface area is 86.7 Å². The molecule has 1 saturated carbocycles. The molecule has 0 bridgehead atoms. The third-order valence-corrected chi connectivity index (χ3v) is 3.48. The summed E-state index contributed by atoms with van der Waals surface area (Å²) in [6, 6.07) is 0.563. The lowest BCUT2D eigenvalue weighted by molar-refractivity contribution is 0.213. The second-order valence-electron chi connectivity index (χ2n) is 4.81. The minimum atomic E-state index is 0.516. The minimum Gasteiger partial charge on any atom is -0.501 e. The highest BCUT2D eigenvalue weighted by molar-refractivity contribution is 5.19. The fraction of sp³-hybridized carbons (Fsp3) is 0.833. The monoisotopic (exact) mass is 195 g/mol. The zero-order chi connectivity index (χ0) is 10.0. The zero-order valence-electron chi connectivity index (χ0n) is 9.31. The van der Waals surface area contributed by atoms with Crippen LogP contribution in [0.1, 0.15) is 39.5 Å². The smallest absolute Gasteiger partial charge is 0.0876 e. The third kappa shape index (κ3) is 1.95. The summed E-state index contributed by atoms with van der Waals surface area (Å²) in [6.07, 6.45) is 7.13. The Kier molecular flexibility index (Phi) is 2.82. The van der Waals surface area contributed by atoms with Gasteiger partial charge in [0.2, 0.25) is 0 Å². The molecule has 1 fully saturated rings. The molecule has 0 radical (unpaired) electrons. The number of hydrogen-bond acceptors (Lipinski definition) is 2. The predicted molar refractivity (Wildman–Crippen MR) is 58.1 cm³/mol. The first-order valence-corrected chi connectivity index (χ1v) is 5.80. The predicted octanol–water partition coefficient (Wildman–Crippen LogP) is 2.46. The summed E-state index contributed by atoms with van der Waals surface area (Å²) in [5.74, 6) is 0. The lowest BCUT2D eigenvalue weighted by atomic mass is 9.89. The van der Waals surface area contributed by atoms with Crippen molar-refractivity contribution < 1.29 is 4.74 Å². The lowest BCUT2D eigenvalue weighted by Crippen LogP contribution is -2.38. The van der Waals surface area contributed by atoms with Crippen LogP contribution >= 0.6 is 0 Å². The van der Waals surface area contributed by atoms with Gasteiger partial charge in [0.15, 0.2) is 0 Å². The van der Waals surface area contributed by atoms with E-state index in [9.17, 15) is 0 Å². The molecule has 2 aliphatic rings. The van der Waals surface area contributed by atoms with Crippen LogP contribution in [0.15, 0.2) is 11.8 Å². The van der Waals surface area contributed by atoms with Crippen molar-refractivity contribution in [3.8, 4) is 0 Å². The van der Waals surface area contributed by atoms with Crippen molar-refractivity contribution in [2.24, 2.45) is 5.41 Å². The molecule has 1 heterocycles. The Bertz CT molecular complexity index is 230. The topological polar surface area (TPSA) is 21.3 Å². The first-order chi connectivity index (χ1) is 6.76. The van der Waals surface area contributed by atoms with Gasteiger partial charge in [-0.05, 0) is 43.2 Å². The quantitative estimate of drug-likeness (QED) is 0.744. The van der Waals surface area contributed by atoms with Gasteiger partial charge in [-0.1, -0.05) is 13.8 Å². The van der Waals surface area contributed by atoms with E-state index in [0.29, 0.717) is 11.5 Å². The molecular weight excluding hydrogens is 174 g/mol. The summed E-state index contributed by atoms with van der Waals surface area (Å²) in [7, 11) is 0. The normalized spacial score (nSPS) is 26.3. The fourth-order valence-corrected chi connectivity index (χ4v) is 2.31. The summed E-state index contributed by atoms with van der Waals surface area (Å²) in [4.78, 5) is 0. The first-order valence-electron chi connectivity index (χ1n) is 5.80. The zero-order valence-corrected chi connectivity index (χ0v) is 9.31. The highest BCUT2D eigenvalue weighted by Crippen LogP contribution is 2.50. The molecule has 0 spiro atoms. The van der Waals surface area contributed by atoms with E-state index in [-0.39, 0.29) is 0 Å². The van der Waals surface area contributed by atoms with Crippen LogP contribution in [0.2, 0.25) is 0 Å². The van der Waals surface area contributed by atoms with Crippen LogP contribution < -0.4 is 5.32 Å². The summed E-state index contributed by atoms with van der Waals surface area (Å²) in [6.45, 7) is 6.52. The van der Waals surface area contributed by atoms with Crippen LogP contribution in [0.3, 0.4) is 0 Å². The summed E-state index contributed by atoms with van der Waals surface area (Å²) < 4.78 is 5.43. The van der Waals surface area contributed by atoms with Crippen molar-refractivity contribution in [1.29, 1.82) is 0 Å². The Hall–Kier alpha value is -0.500. The van der Waals surface area contributed by atoms with Crippen molar-refractivity contribution in [3.63, 3.8) is 0 Å². The highest BCUT2D eigenvalue weighted by Gasteiger charge is 2.46. The molecule has 80 valence electrons. The molecule has 1 atom stereocenters. The van der Waals surface area contributed by atoms with Gasteiger partial charge in [-0.25, -0.2) is 0 Å². The van der Waals surface area contributed by atoms with Crippen molar-refractivity contribution in [2.75, 3.05) is 13.2 Å². The second kappa shape index (κ2) is 3.93. The summed E-state index contributed by atoms with van der Waals surface area (Å²) in [5.41, 5.74) is 2.00. The van der Waals surface area contributed by atoms with Crippen LogP contribution in [0.4, 0.5) is 0 Å². The Morgan fingerprint density at radius 3 is 2.86 bits per heavy atom. The minimum absolute atomic E-state index is 0.516. The van der Waals surface area contributed by atoms with E-state index in [4.69, 9.17) is 4.74 Å². The standard InChI is InChI=1S/C12H21NO/c1-3-13-11(12(2)6-7-12)10-5-4-8-14-9-10/h9,11,13H,3-8H2,1-2H3. The fourth-order valence-electron chi connectivity index (χ4n) is 2.31. The molecule has 1 aliphatic carbocycles. The average Bonchev–Trinajstić information content (AvgIpc) is 2.95. The van der Waals surface area contributed by atoms with E-state index in [1.54, 1.807) is 0 Å². The number of hydrogen-bond donors (Lipinski definition) is 1. The maximum Gasteiger partial charge on any atom is 0.0876 e. The van der Waals surface area contributed by atoms with E-state index in [1.807, 2.05) is 6.26 Å². The molecule has 2 rings (SSSR count). The molecule has 2 nitrogen and oxygen atoms in total. The maximum absolute atomic E-state index is 5.43. The van der Waals surface area contributed by atoms with E-state index in [2.05, 4.69) is 19.2 Å². The van der Waals surface area contributed by atoms with E-state index >= 15 is 0 Å². The van der Waals surface area contributed by atoms with Crippen molar-refractivity contribution in [3.05, 3.63) is 11.8 Å².